The topological polar surface area (TPSA) is 47.9 Å². The summed E-state index contributed by atoms with van der Waals surface area (Å²) < 4.78 is 0. The Hall–Kier alpha value is -0.530. The molecule has 0 aromatic heterocycles. The summed E-state index contributed by atoms with van der Waals surface area (Å²) in [6.07, 6.45) is 1.79. The second kappa shape index (κ2) is 10.4. The van der Waals surface area contributed by atoms with E-state index in [2.05, 4.69) is 29.1 Å². The largest absolute Gasteiger partial charge is 0.386 e. The molecule has 2 rings (SSSR count). The van der Waals surface area contributed by atoms with Gasteiger partial charge in [0.2, 0.25) is 0 Å². The van der Waals surface area contributed by atoms with E-state index in [1.165, 1.54) is 12.8 Å². The number of aliphatic hydroxyl groups is 1. The van der Waals surface area contributed by atoms with Crippen molar-refractivity contribution < 1.29 is 5.11 Å². The Kier molecular flexibility index (Phi) is 9.24. The lowest BCUT2D eigenvalue weighted by Gasteiger charge is -2.33. The van der Waals surface area contributed by atoms with Crippen molar-refractivity contribution in [3.05, 3.63) is 34.9 Å². The van der Waals surface area contributed by atoms with Gasteiger partial charge in [0.15, 0.2) is 5.96 Å². The van der Waals surface area contributed by atoms with Crippen molar-refractivity contribution in [2.75, 3.05) is 26.2 Å². The molecule has 1 aromatic carbocycles. The highest BCUT2D eigenvalue weighted by molar-refractivity contribution is 14.0. The predicted molar refractivity (Wildman–Crippen MR) is 108 cm³/mol. The number of benzene rings is 1. The standard InChI is InChI=1S/C17H26ClN3O.HI/c1-3-19-17(21-10-8-13(2)9-11-21)20-12-16(22)14-4-6-15(18)7-5-14;/h4-7,13,16,22H,3,8-12H2,1-2H3,(H,19,20);1H. The van der Waals surface area contributed by atoms with Crippen molar-refractivity contribution in [3.8, 4) is 0 Å². The van der Waals surface area contributed by atoms with Gasteiger partial charge in [-0.25, -0.2) is 0 Å². The van der Waals surface area contributed by atoms with E-state index in [1.807, 2.05) is 12.1 Å². The Bertz CT molecular complexity index is 487. The maximum absolute atomic E-state index is 10.3. The van der Waals surface area contributed by atoms with Crippen molar-refractivity contribution in [2.45, 2.75) is 32.8 Å². The first-order valence-corrected chi connectivity index (χ1v) is 8.44. The molecule has 1 saturated heterocycles. The zero-order chi connectivity index (χ0) is 15.9. The van der Waals surface area contributed by atoms with Gasteiger partial charge in [0.25, 0.3) is 0 Å². The zero-order valence-corrected chi connectivity index (χ0v) is 16.9. The molecule has 1 aliphatic rings. The molecular weight excluding hydrogens is 425 g/mol. The van der Waals surface area contributed by atoms with E-state index in [1.54, 1.807) is 12.1 Å². The zero-order valence-electron chi connectivity index (χ0n) is 13.8. The molecular formula is C17H27ClIN3O. The number of piperidine rings is 1. The second-order valence-electron chi connectivity index (χ2n) is 5.93. The van der Waals surface area contributed by atoms with Crippen LogP contribution in [0.5, 0.6) is 0 Å². The van der Waals surface area contributed by atoms with Crippen LogP contribution in [0.3, 0.4) is 0 Å². The molecule has 1 fully saturated rings. The van der Waals surface area contributed by atoms with Gasteiger partial charge in [0.05, 0.1) is 12.6 Å². The Morgan fingerprint density at radius 2 is 1.96 bits per heavy atom. The highest BCUT2D eigenvalue weighted by Crippen LogP contribution is 2.18. The minimum absolute atomic E-state index is 0. The summed E-state index contributed by atoms with van der Waals surface area (Å²) in [5.41, 5.74) is 0.844. The third-order valence-electron chi connectivity index (χ3n) is 4.09. The molecule has 130 valence electrons. The Balaban J connectivity index is 0.00000264. The van der Waals surface area contributed by atoms with Crippen molar-refractivity contribution in [2.24, 2.45) is 10.9 Å². The fourth-order valence-corrected chi connectivity index (χ4v) is 2.74. The van der Waals surface area contributed by atoms with Gasteiger partial charge < -0.3 is 15.3 Å². The first kappa shape index (κ1) is 20.5. The van der Waals surface area contributed by atoms with E-state index in [9.17, 15) is 5.11 Å². The van der Waals surface area contributed by atoms with Crippen molar-refractivity contribution in [3.63, 3.8) is 0 Å². The predicted octanol–water partition coefficient (Wildman–Crippen LogP) is 3.69. The van der Waals surface area contributed by atoms with Gasteiger partial charge in [-0.1, -0.05) is 30.7 Å². The SMILES string of the molecule is CCNC(=NCC(O)c1ccc(Cl)cc1)N1CCC(C)CC1.I. The number of hydrogen-bond acceptors (Lipinski definition) is 2. The average molecular weight is 452 g/mol. The number of nitrogens with one attached hydrogen (secondary N) is 1. The van der Waals surface area contributed by atoms with Gasteiger partial charge in [-0.15, -0.1) is 24.0 Å². The number of nitrogens with zero attached hydrogens (tertiary/aromatic N) is 2. The molecule has 1 aromatic rings. The smallest absolute Gasteiger partial charge is 0.194 e. The quantitative estimate of drug-likeness (QED) is 0.417. The van der Waals surface area contributed by atoms with Crippen molar-refractivity contribution >= 4 is 41.5 Å². The van der Waals surface area contributed by atoms with E-state index in [4.69, 9.17) is 11.6 Å². The first-order valence-electron chi connectivity index (χ1n) is 8.07. The van der Waals surface area contributed by atoms with Gasteiger partial charge >= 0.3 is 0 Å². The van der Waals surface area contributed by atoms with Crippen LogP contribution in [0.4, 0.5) is 0 Å². The number of aliphatic imine (C=N–C) groups is 1. The fourth-order valence-electron chi connectivity index (χ4n) is 2.61. The molecule has 0 bridgehead atoms. The van der Waals surface area contributed by atoms with Crippen LogP contribution < -0.4 is 5.32 Å². The summed E-state index contributed by atoms with van der Waals surface area (Å²) in [5, 5.41) is 14.3. The van der Waals surface area contributed by atoms with Crippen LogP contribution in [-0.4, -0.2) is 42.1 Å². The lowest BCUT2D eigenvalue weighted by molar-refractivity contribution is 0.186. The van der Waals surface area contributed by atoms with Crippen LogP contribution in [0.1, 0.15) is 38.4 Å². The van der Waals surface area contributed by atoms with Gasteiger partial charge in [0.1, 0.15) is 0 Å². The maximum atomic E-state index is 10.3. The molecule has 0 saturated carbocycles. The molecule has 6 heteroatoms. The molecule has 23 heavy (non-hydrogen) atoms. The molecule has 0 aliphatic carbocycles. The third-order valence-corrected chi connectivity index (χ3v) is 4.34. The third kappa shape index (κ3) is 6.47. The molecule has 4 nitrogen and oxygen atoms in total. The number of hydrogen-bond donors (Lipinski definition) is 2. The van der Waals surface area contributed by atoms with Crippen molar-refractivity contribution in [1.82, 2.24) is 10.2 Å². The Labute approximate surface area is 161 Å². The van der Waals surface area contributed by atoms with Crippen LogP contribution in [0.25, 0.3) is 0 Å². The molecule has 1 unspecified atom stereocenters. The summed E-state index contributed by atoms with van der Waals surface area (Å²) >= 11 is 5.87. The number of halogens is 2. The minimum Gasteiger partial charge on any atom is -0.386 e. The molecule has 2 N–H and O–H groups in total. The normalized spacial score (nSPS) is 17.6. The monoisotopic (exact) mass is 451 g/mol. The van der Waals surface area contributed by atoms with E-state index in [-0.39, 0.29) is 24.0 Å². The van der Waals surface area contributed by atoms with Gasteiger partial charge in [-0.3, -0.25) is 4.99 Å². The van der Waals surface area contributed by atoms with Crippen LogP contribution in [0, 0.1) is 5.92 Å². The van der Waals surface area contributed by atoms with E-state index < -0.39 is 6.10 Å². The summed E-state index contributed by atoms with van der Waals surface area (Å²) in [6, 6.07) is 7.28. The Morgan fingerprint density at radius 3 is 2.52 bits per heavy atom. The minimum atomic E-state index is -0.602. The number of rotatable bonds is 4. The summed E-state index contributed by atoms with van der Waals surface area (Å²) in [7, 11) is 0. The highest BCUT2D eigenvalue weighted by Gasteiger charge is 2.19. The first-order chi connectivity index (χ1) is 10.6. The summed E-state index contributed by atoms with van der Waals surface area (Å²) in [5.74, 6) is 1.70. The van der Waals surface area contributed by atoms with Gasteiger partial charge in [0, 0.05) is 24.7 Å². The average Bonchev–Trinajstić information content (AvgIpc) is 2.53. The molecule has 0 radical (unpaired) electrons. The van der Waals surface area contributed by atoms with Crippen LogP contribution >= 0.6 is 35.6 Å². The van der Waals surface area contributed by atoms with Gasteiger partial charge in [-0.2, -0.15) is 0 Å². The second-order valence-corrected chi connectivity index (χ2v) is 6.37. The lowest BCUT2D eigenvalue weighted by Crippen LogP contribution is -2.45. The fraction of sp³-hybridized carbons (Fsp3) is 0.588. The molecule has 1 atom stereocenters. The highest BCUT2D eigenvalue weighted by atomic mass is 127. The summed E-state index contributed by atoms with van der Waals surface area (Å²) in [4.78, 5) is 6.90. The molecule has 0 amide bonds. The van der Waals surface area contributed by atoms with Crippen molar-refractivity contribution in [1.29, 1.82) is 0 Å². The number of likely N-dealkylation sites (tertiary alicyclic amines) is 1. The number of aliphatic hydroxyl groups excluding tert-OH is 1. The van der Waals surface area contributed by atoms with E-state index in [0.29, 0.717) is 11.6 Å². The summed E-state index contributed by atoms with van der Waals surface area (Å²) in [6.45, 7) is 7.62. The van der Waals surface area contributed by atoms with E-state index >= 15 is 0 Å². The lowest BCUT2D eigenvalue weighted by atomic mass is 9.99. The van der Waals surface area contributed by atoms with Crippen LogP contribution in [-0.2, 0) is 0 Å². The number of guanidine groups is 1. The molecule has 1 heterocycles. The molecule has 1 aliphatic heterocycles. The van der Waals surface area contributed by atoms with E-state index in [0.717, 1.165) is 37.1 Å². The van der Waals surface area contributed by atoms with Crippen LogP contribution in [0.2, 0.25) is 5.02 Å². The Morgan fingerprint density at radius 1 is 1.35 bits per heavy atom. The van der Waals surface area contributed by atoms with Gasteiger partial charge in [-0.05, 0) is 43.4 Å². The van der Waals surface area contributed by atoms with Crippen LogP contribution in [0.15, 0.2) is 29.3 Å². The maximum Gasteiger partial charge on any atom is 0.194 e. The molecule has 0 spiro atoms.